The van der Waals surface area contributed by atoms with Gasteiger partial charge >= 0.3 is 47.7 Å². The van der Waals surface area contributed by atoms with Crippen molar-refractivity contribution in [1.29, 1.82) is 0 Å². The Balaban J connectivity index is -0.0000000427. The fraction of sp³-hybridized carbons (Fsp3) is 0.800. The third kappa shape index (κ3) is 98.9. The minimum atomic E-state index is -5.39. The predicted octanol–water partition coefficient (Wildman–Crippen LogP) is -17.1. The predicted molar refractivity (Wildman–Crippen MR) is 338 cm³/mol. The van der Waals surface area contributed by atoms with Crippen molar-refractivity contribution < 1.29 is 88.7 Å². The van der Waals surface area contributed by atoms with E-state index in [9.17, 15) is 0 Å². The van der Waals surface area contributed by atoms with Gasteiger partial charge in [0.2, 0.25) is 0 Å². The zero-order valence-corrected chi connectivity index (χ0v) is 64.0. The average molecular weight is 1430 g/mol. The molecule has 0 fully saturated rings. The summed E-state index contributed by atoms with van der Waals surface area (Å²) in [5.74, 6) is 0. The molecule has 512 valence electrons. The summed E-state index contributed by atoms with van der Waals surface area (Å²) in [5.41, 5.74) is 0. The fourth-order valence-electron chi connectivity index (χ4n) is 3.60. The van der Waals surface area contributed by atoms with Crippen molar-refractivity contribution in [2.75, 3.05) is 254 Å². The Hall–Kier alpha value is -2.47. The quantitative estimate of drug-likeness (QED) is 0.0567. The van der Waals surface area contributed by atoms with Crippen molar-refractivity contribution in [3.05, 3.63) is 0 Å². The first-order valence-electron chi connectivity index (χ1n) is 22.6. The van der Waals surface area contributed by atoms with E-state index in [0.717, 1.165) is 47.7 Å². The van der Waals surface area contributed by atoms with Crippen LogP contribution in [0.1, 0.15) is 0 Å². The first-order chi connectivity index (χ1) is 34.0. The SMILES string of the molecule is CN(C)C(Cl)=[N+](C)C.CN(C)C(Cl)=[N+](C)C.CN(C)C(Cl)=[N+](C)C.CN(C)C(Cl)=[N+](C)C.CN(C)C(Cl)=[N+](C)C.CN(C)C(Cl)=[N+](C)C.CN(C)C(Cl)=[N+](C)C.CN(C)C(Cl)=[N+](C)C.CN(C)C(Cl)=[N+](C)C.O=P([O-])([O-])[O-].[F-].[F-].[F-].[F-].[F-].[F-]. The van der Waals surface area contributed by atoms with E-state index in [2.05, 4.69) is 0 Å². The molecule has 38 heteroatoms. The molecule has 0 aromatic carbocycles. The average Bonchev–Trinajstić information content (AvgIpc) is 3.26. The summed E-state index contributed by atoms with van der Waals surface area (Å²) in [6, 6.07) is 0. The topological polar surface area (TPSA) is 142 Å². The Kier molecular flexibility index (Phi) is 101. The molecular formula is C45H108Cl9F6N18O4P. The number of amidine groups is 9. The molecule has 0 aliphatic heterocycles. The monoisotopic (exact) mass is 1420 g/mol. The van der Waals surface area contributed by atoms with Crippen molar-refractivity contribution in [2.45, 2.75) is 0 Å². The number of nitrogens with zero attached hydrogens (tertiary/aromatic N) is 18. The zero-order valence-electron chi connectivity index (χ0n) is 56.3. The van der Waals surface area contributed by atoms with Crippen LogP contribution in [-0.2, 0) is 4.57 Å². The van der Waals surface area contributed by atoms with Crippen LogP contribution in [0.2, 0.25) is 0 Å². The zero-order chi connectivity index (χ0) is 65.1. The van der Waals surface area contributed by atoms with Crippen LogP contribution < -0.4 is 42.9 Å². The molecule has 0 amide bonds. The molecule has 0 saturated carbocycles. The Labute approximate surface area is 543 Å². The summed E-state index contributed by atoms with van der Waals surface area (Å²) >= 11 is 51.5. The van der Waals surface area contributed by atoms with E-state index in [-0.39, 0.29) is 28.2 Å². The highest BCUT2D eigenvalue weighted by Crippen LogP contribution is 2.03. The van der Waals surface area contributed by atoms with Gasteiger partial charge in [0.15, 0.2) is 0 Å². The van der Waals surface area contributed by atoms with Gasteiger partial charge in [-0.3, -0.25) is 85.3 Å². The Morgan fingerprint density at radius 2 is 0.253 bits per heavy atom. The maximum atomic E-state index is 8.55. The second kappa shape index (κ2) is 68.6. The highest BCUT2D eigenvalue weighted by molar-refractivity contribution is 7.40. The lowest BCUT2D eigenvalue weighted by atomic mass is 10.9. The minimum absolute atomic E-state index is 0. The summed E-state index contributed by atoms with van der Waals surface area (Å²) in [5, 5.41) is 6.67. The number of phosphoric acid groups is 1. The molecule has 0 aliphatic rings. The van der Waals surface area contributed by atoms with Gasteiger partial charge in [-0.2, -0.15) is 7.82 Å². The van der Waals surface area contributed by atoms with Crippen LogP contribution in [-0.4, -0.2) is 387 Å². The third-order valence-corrected chi connectivity index (χ3v) is 12.7. The summed E-state index contributed by atoms with van der Waals surface area (Å²) < 4.78 is 25.2. The van der Waals surface area contributed by atoms with E-state index in [1.54, 1.807) is 0 Å². The first-order valence-corrected chi connectivity index (χ1v) is 27.4. The van der Waals surface area contributed by atoms with Crippen molar-refractivity contribution in [3.8, 4) is 0 Å². The molecule has 0 rings (SSSR count). The number of halogens is 15. The smallest absolute Gasteiger partial charge is 0.344 e. The molecule has 0 heterocycles. The number of hydrogen-bond donors (Lipinski definition) is 0. The Bertz CT molecular complexity index is 1540. The van der Waals surface area contributed by atoms with Crippen LogP contribution in [0, 0.1) is 0 Å². The van der Waals surface area contributed by atoms with Crippen molar-refractivity contribution in [3.63, 3.8) is 0 Å². The maximum Gasteiger partial charge on any atom is 0.344 e. The highest BCUT2D eigenvalue weighted by atomic mass is 35.5. The second-order valence-corrected chi connectivity index (χ2v) is 22.9. The molecule has 0 unspecified atom stereocenters. The lowest BCUT2D eigenvalue weighted by Gasteiger charge is -2.36. The van der Waals surface area contributed by atoms with E-state index in [4.69, 9.17) is 124 Å². The van der Waals surface area contributed by atoms with Gasteiger partial charge in [0.1, 0.15) is 0 Å². The van der Waals surface area contributed by atoms with Crippen molar-refractivity contribution >= 4 is 160 Å². The van der Waals surface area contributed by atoms with Gasteiger partial charge in [-0.05, 0) is 0 Å². The van der Waals surface area contributed by atoms with Gasteiger partial charge in [0.25, 0.3) is 0 Å². The molecule has 0 saturated heterocycles. The molecule has 0 aromatic rings. The van der Waals surface area contributed by atoms with Crippen LogP contribution in [0.4, 0.5) is 0 Å². The minimum Gasteiger partial charge on any atom is -1.00 e. The van der Waals surface area contributed by atoms with Crippen LogP contribution in [0.25, 0.3) is 0 Å². The van der Waals surface area contributed by atoms with Crippen LogP contribution in [0.3, 0.4) is 0 Å². The van der Waals surface area contributed by atoms with E-state index in [1.165, 1.54) is 0 Å². The van der Waals surface area contributed by atoms with E-state index < -0.39 is 7.82 Å². The van der Waals surface area contributed by atoms with Gasteiger partial charge in [0, 0.05) is 104 Å². The molecular weight excluding hydrogens is 1320 g/mol. The molecule has 0 bridgehead atoms. The van der Waals surface area contributed by atoms with E-state index in [0.29, 0.717) is 0 Å². The van der Waals surface area contributed by atoms with Gasteiger partial charge < -0.3 is 47.5 Å². The fourth-order valence-corrected chi connectivity index (χ4v) is 3.60. The van der Waals surface area contributed by atoms with Crippen LogP contribution in [0.5, 0.6) is 0 Å². The standard InChI is InChI=1S/9C5H12ClN2.6FH.H3O4P/c9*1-7(2)5(6)8(3)4;;;;;;;1-5(2,3)4/h9*1-4H3;6*1H;(H3,1,2,3,4)/q9*+1;;;;;;;/p-9. The molecule has 0 spiro atoms. The Morgan fingerprint density at radius 1 is 0.217 bits per heavy atom. The third-order valence-electron chi connectivity index (χ3n) is 6.64. The van der Waals surface area contributed by atoms with Gasteiger partial charge in [0.05, 0.1) is 254 Å². The molecule has 0 aromatic heterocycles. The van der Waals surface area contributed by atoms with Gasteiger partial charge in [-0.15, -0.1) is 0 Å². The number of hydrogen-bond acceptors (Lipinski definition) is 4. The normalized spacial score (nSPS) is 8.19. The highest BCUT2D eigenvalue weighted by Gasteiger charge is 2.09. The lowest BCUT2D eigenvalue weighted by molar-refractivity contribution is -0.466. The number of rotatable bonds is 0. The van der Waals surface area contributed by atoms with Gasteiger partial charge in [-0.25, -0.2) is 0 Å². The summed E-state index contributed by atoms with van der Waals surface area (Å²) in [6.07, 6.45) is 0. The largest absolute Gasteiger partial charge is 1.00 e. The van der Waals surface area contributed by atoms with Crippen LogP contribution in [0.15, 0.2) is 0 Å². The van der Waals surface area contributed by atoms with Gasteiger partial charge in [-0.1, -0.05) is 0 Å². The first kappa shape index (κ1) is 122. The molecule has 0 N–H and O–H groups in total. The summed E-state index contributed by atoms with van der Waals surface area (Å²) in [4.78, 5) is 42.3. The molecule has 0 atom stereocenters. The van der Waals surface area contributed by atoms with Crippen molar-refractivity contribution in [2.24, 2.45) is 0 Å². The molecule has 0 aliphatic carbocycles. The van der Waals surface area contributed by atoms with E-state index in [1.807, 2.05) is 339 Å². The molecule has 22 nitrogen and oxygen atoms in total. The molecule has 0 radical (unpaired) electrons. The Morgan fingerprint density at radius 3 is 0.253 bits per heavy atom. The summed E-state index contributed by atoms with van der Waals surface area (Å²) in [6.45, 7) is 0. The second-order valence-electron chi connectivity index (χ2n) is 19.0. The molecule has 83 heavy (non-hydrogen) atoms. The summed E-state index contributed by atoms with van der Waals surface area (Å²) in [7, 11) is 63.2. The maximum absolute atomic E-state index is 8.55. The van der Waals surface area contributed by atoms with Crippen molar-refractivity contribution in [1.82, 2.24) is 44.1 Å². The van der Waals surface area contributed by atoms with Crippen LogP contribution >= 0.6 is 112 Å². The lowest BCUT2D eigenvalue weighted by Crippen LogP contribution is -3.00. The van der Waals surface area contributed by atoms with E-state index >= 15 is 0 Å².